The second-order valence-electron chi connectivity index (χ2n) is 4.65. The smallest absolute Gasteiger partial charge is 0.267 e. The van der Waals surface area contributed by atoms with Crippen molar-refractivity contribution in [3.63, 3.8) is 0 Å². The van der Waals surface area contributed by atoms with Gasteiger partial charge in [0.05, 0.1) is 19.8 Å². The topological polar surface area (TPSA) is 30.5 Å². The van der Waals surface area contributed by atoms with Crippen LogP contribution in [0.25, 0.3) is 0 Å². The van der Waals surface area contributed by atoms with Crippen molar-refractivity contribution in [2.24, 2.45) is 0 Å². The van der Waals surface area contributed by atoms with Crippen LogP contribution in [0.3, 0.4) is 0 Å². The Morgan fingerprint density at radius 2 is 2.00 bits per heavy atom. The van der Waals surface area contributed by atoms with Gasteiger partial charge in [0.25, 0.3) is 6.43 Å². The highest BCUT2D eigenvalue weighted by molar-refractivity contribution is 5.50. The number of methoxy groups -OCH3 is 2. The van der Waals surface area contributed by atoms with Gasteiger partial charge >= 0.3 is 0 Å². The lowest BCUT2D eigenvalue weighted by molar-refractivity contribution is 0.146. The summed E-state index contributed by atoms with van der Waals surface area (Å²) in [5.74, 6) is 0.486. The minimum Gasteiger partial charge on any atom is -0.493 e. The van der Waals surface area contributed by atoms with E-state index in [9.17, 15) is 8.78 Å². The number of piperidine rings is 1. The first-order valence-electron chi connectivity index (χ1n) is 6.44. The first-order valence-corrected chi connectivity index (χ1v) is 6.44. The van der Waals surface area contributed by atoms with E-state index in [1.807, 2.05) is 0 Å². The molecule has 0 radical (unpaired) electrons. The molecule has 1 N–H and O–H groups in total. The van der Waals surface area contributed by atoms with Crippen molar-refractivity contribution in [2.75, 3.05) is 20.8 Å². The lowest BCUT2D eigenvalue weighted by atomic mass is 9.95. The zero-order valence-electron chi connectivity index (χ0n) is 11.2. The van der Waals surface area contributed by atoms with Crippen LogP contribution in [0.5, 0.6) is 11.5 Å². The molecule has 1 aliphatic rings. The lowest BCUT2D eigenvalue weighted by Gasteiger charge is -2.25. The number of alkyl halides is 2. The van der Waals surface area contributed by atoms with Crippen LogP contribution < -0.4 is 14.8 Å². The van der Waals surface area contributed by atoms with Crippen molar-refractivity contribution in [1.29, 1.82) is 0 Å². The van der Waals surface area contributed by atoms with Crippen molar-refractivity contribution in [3.8, 4) is 11.5 Å². The van der Waals surface area contributed by atoms with Gasteiger partial charge in [-0.25, -0.2) is 8.78 Å². The molecule has 106 valence electrons. The molecule has 5 heteroatoms. The molecule has 1 aliphatic heterocycles. The first kappa shape index (κ1) is 14.1. The zero-order valence-corrected chi connectivity index (χ0v) is 11.2. The van der Waals surface area contributed by atoms with Gasteiger partial charge < -0.3 is 14.8 Å². The SMILES string of the molecule is COc1cc(C2CCCCN2)cc(C(F)F)c1OC. The average molecular weight is 271 g/mol. The first-order chi connectivity index (χ1) is 9.17. The molecular formula is C14H19F2NO2. The number of nitrogens with one attached hydrogen (secondary N) is 1. The Hall–Kier alpha value is -1.36. The summed E-state index contributed by atoms with van der Waals surface area (Å²) in [7, 11) is 2.84. The minimum atomic E-state index is -2.58. The molecule has 2 rings (SSSR count). The van der Waals surface area contributed by atoms with Gasteiger partial charge in [-0.15, -0.1) is 0 Å². The molecule has 0 aromatic heterocycles. The monoisotopic (exact) mass is 271 g/mol. The number of benzene rings is 1. The molecule has 1 atom stereocenters. The van der Waals surface area contributed by atoms with E-state index < -0.39 is 6.43 Å². The van der Waals surface area contributed by atoms with Crippen LogP contribution in [0.4, 0.5) is 8.78 Å². The Morgan fingerprint density at radius 3 is 2.53 bits per heavy atom. The number of ether oxygens (including phenoxy) is 2. The molecule has 1 fully saturated rings. The molecule has 0 saturated carbocycles. The Bertz CT molecular complexity index is 432. The van der Waals surface area contributed by atoms with E-state index in [0.717, 1.165) is 31.4 Å². The second kappa shape index (κ2) is 6.19. The van der Waals surface area contributed by atoms with Crippen LogP contribution >= 0.6 is 0 Å². The predicted molar refractivity (Wildman–Crippen MR) is 69.1 cm³/mol. The van der Waals surface area contributed by atoms with Crippen molar-refractivity contribution < 1.29 is 18.3 Å². The largest absolute Gasteiger partial charge is 0.493 e. The molecule has 1 unspecified atom stereocenters. The fourth-order valence-corrected chi connectivity index (χ4v) is 2.52. The van der Waals surface area contributed by atoms with Crippen LogP contribution in [0.2, 0.25) is 0 Å². The molecule has 0 bridgehead atoms. The normalized spacial score (nSPS) is 19.5. The molecule has 19 heavy (non-hydrogen) atoms. The van der Waals surface area contributed by atoms with Crippen LogP contribution in [0.1, 0.15) is 42.9 Å². The molecule has 0 spiro atoms. The summed E-state index contributed by atoms with van der Waals surface area (Å²) < 4.78 is 36.5. The summed E-state index contributed by atoms with van der Waals surface area (Å²) in [6.07, 6.45) is 0.618. The van der Waals surface area contributed by atoms with Gasteiger partial charge in [0.15, 0.2) is 11.5 Å². The Kier molecular flexibility index (Phi) is 4.58. The summed E-state index contributed by atoms with van der Waals surface area (Å²) in [4.78, 5) is 0. The van der Waals surface area contributed by atoms with Gasteiger partial charge in [0, 0.05) is 6.04 Å². The Morgan fingerprint density at radius 1 is 1.21 bits per heavy atom. The molecule has 1 saturated heterocycles. The highest BCUT2D eigenvalue weighted by atomic mass is 19.3. The van der Waals surface area contributed by atoms with Gasteiger partial charge in [-0.05, 0) is 37.1 Å². The van der Waals surface area contributed by atoms with E-state index in [4.69, 9.17) is 9.47 Å². The maximum Gasteiger partial charge on any atom is 0.267 e. The fourth-order valence-electron chi connectivity index (χ4n) is 2.52. The van der Waals surface area contributed by atoms with Gasteiger partial charge in [-0.1, -0.05) is 6.42 Å². The molecule has 1 aromatic carbocycles. The molecule has 0 amide bonds. The molecule has 3 nitrogen and oxygen atoms in total. The molecule has 1 aromatic rings. The Balaban J connectivity index is 2.41. The van der Waals surface area contributed by atoms with Crippen LogP contribution in [0.15, 0.2) is 12.1 Å². The van der Waals surface area contributed by atoms with E-state index >= 15 is 0 Å². The number of halogens is 2. The van der Waals surface area contributed by atoms with E-state index in [0.29, 0.717) is 5.75 Å². The lowest BCUT2D eigenvalue weighted by Crippen LogP contribution is -2.26. The number of hydrogen-bond acceptors (Lipinski definition) is 3. The Labute approximate surface area is 111 Å². The van der Waals surface area contributed by atoms with Crippen molar-refractivity contribution in [1.82, 2.24) is 5.32 Å². The fraction of sp³-hybridized carbons (Fsp3) is 0.571. The van der Waals surface area contributed by atoms with Crippen LogP contribution in [-0.4, -0.2) is 20.8 Å². The third-order valence-electron chi connectivity index (χ3n) is 3.48. The van der Waals surface area contributed by atoms with Crippen LogP contribution in [0, 0.1) is 0 Å². The van der Waals surface area contributed by atoms with E-state index in [1.165, 1.54) is 20.3 Å². The van der Waals surface area contributed by atoms with Gasteiger partial charge in [0.1, 0.15) is 0 Å². The standard InChI is InChI=1S/C14H19F2NO2/c1-18-12-8-9(11-5-3-4-6-17-11)7-10(14(15)16)13(12)19-2/h7-8,11,14,17H,3-6H2,1-2H3. The van der Waals surface area contributed by atoms with Crippen molar-refractivity contribution in [2.45, 2.75) is 31.7 Å². The predicted octanol–water partition coefficient (Wildman–Crippen LogP) is 3.46. The number of hydrogen-bond donors (Lipinski definition) is 1. The highest BCUT2D eigenvalue weighted by Crippen LogP contribution is 2.40. The maximum atomic E-state index is 13.1. The quantitative estimate of drug-likeness (QED) is 0.909. The number of rotatable bonds is 4. The van der Waals surface area contributed by atoms with E-state index in [-0.39, 0.29) is 17.4 Å². The van der Waals surface area contributed by atoms with E-state index in [2.05, 4.69) is 5.32 Å². The minimum absolute atomic E-state index is 0.107. The highest BCUT2D eigenvalue weighted by Gasteiger charge is 2.23. The summed E-state index contributed by atoms with van der Waals surface area (Å²) in [5.41, 5.74) is 0.733. The summed E-state index contributed by atoms with van der Waals surface area (Å²) in [5, 5.41) is 3.35. The summed E-state index contributed by atoms with van der Waals surface area (Å²) >= 11 is 0. The van der Waals surface area contributed by atoms with Gasteiger partial charge in [0.2, 0.25) is 0 Å². The average Bonchev–Trinajstić information content (AvgIpc) is 2.46. The molecular weight excluding hydrogens is 252 g/mol. The molecule has 0 aliphatic carbocycles. The van der Waals surface area contributed by atoms with Gasteiger partial charge in [-0.2, -0.15) is 0 Å². The zero-order chi connectivity index (χ0) is 13.8. The summed E-state index contributed by atoms with van der Waals surface area (Å²) in [6.45, 7) is 0.920. The second-order valence-corrected chi connectivity index (χ2v) is 4.65. The van der Waals surface area contributed by atoms with Crippen LogP contribution in [-0.2, 0) is 0 Å². The van der Waals surface area contributed by atoms with Gasteiger partial charge in [-0.3, -0.25) is 0 Å². The van der Waals surface area contributed by atoms with E-state index in [1.54, 1.807) is 6.07 Å². The maximum absolute atomic E-state index is 13.1. The summed E-state index contributed by atoms with van der Waals surface area (Å²) in [6, 6.07) is 3.42. The van der Waals surface area contributed by atoms with Crippen molar-refractivity contribution >= 4 is 0 Å². The third-order valence-corrected chi connectivity index (χ3v) is 3.48. The third kappa shape index (κ3) is 2.97. The van der Waals surface area contributed by atoms with Crippen molar-refractivity contribution in [3.05, 3.63) is 23.3 Å². The molecule has 1 heterocycles.